The minimum absolute atomic E-state index is 0.0338. The Bertz CT molecular complexity index is 398. The second-order valence-corrected chi connectivity index (χ2v) is 4.38. The first kappa shape index (κ1) is 11.0. The molecule has 1 aliphatic rings. The molecule has 4 nitrogen and oxygen atoms in total. The van der Waals surface area contributed by atoms with E-state index in [0.717, 1.165) is 29.9 Å². The highest BCUT2D eigenvalue weighted by atomic mass is 16.4. The van der Waals surface area contributed by atoms with E-state index in [1.54, 1.807) is 6.20 Å². The second kappa shape index (κ2) is 4.60. The molecule has 1 aromatic heterocycles. The van der Waals surface area contributed by atoms with Gasteiger partial charge in [-0.05, 0) is 19.8 Å². The van der Waals surface area contributed by atoms with Crippen LogP contribution in [0, 0.1) is 6.92 Å². The van der Waals surface area contributed by atoms with Crippen LogP contribution in [-0.4, -0.2) is 21.0 Å². The molecule has 1 N–H and O–H groups in total. The molecule has 0 atom stereocenters. The fourth-order valence-corrected chi connectivity index (χ4v) is 2.36. The molecule has 0 aliphatic heterocycles. The number of hydrogen-bond acceptors (Lipinski definition) is 3. The predicted molar refractivity (Wildman–Crippen MR) is 59.3 cm³/mol. The SMILES string of the molecule is Cc1ncc(CC(=O)O)c(C2CCCC2)n1. The van der Waals surface area contributed by atoms with Crippen molar-refractivity contribution in [2.75, 3.05) is 0 Å². The molecule has 1 heterocycles. The number of rotatable bonds is 3. The van der Waals surface area contributed by atoms with Crippen LogP contribution in [0.25, 0.3) is 0 Å². The van der Waals surface area contributed by atoms with Gasteiger partial charge in [0.25, 0.3) is 0 Å². The van der Waals surface area contributed by atoms with Crippen LogP contribution in [-0.2, 0) is 11.2 Å². The van der Waals surface area contributed by atoms with E-state index in [2.05, 4.69) is 9.97 Å². The fraction of sp³-hybridized carbons (Fsp3) is 0.583. The molecular formula is C12H16N2O2. The summed E-state index contributed by atoms with van der Waals surface area (Å²) in [5.74, 6) is 0.360. The topological polar surface area (TPSA) is 63.1 Å². The van der Waals surface area contributed by atoms with Gasteiger partial charge in [-0.15, -0.1) is 0 Å². The molecule has 2 rings (SSSR count). The summed E-state index contributed by atoms with van der Waals surface area (Å²) in [5.41, 5.74) is 1.75. The van der Waals surface area contributed by atoms with E-state index in [1.165, 1.54) is 12.8 Å². The zero-order chi connectivity index (χ0) is 11.5. The van der Waals surface area contributed by atoms with Crippen LogP contribution in [0.15, 0.2) is 6.20 Å². The molecule has 0 bridgehead atoms. The Balaban J connectivity index is 2.31. The molecule has 0 unspecified atom stereocenters. The summed E-state index contributed by atoms with van der Waals surface area (Å²) in [6.07, 6.45) is 6.41. The Morgan fingerprint density at radius 2 is 2.19 bits per heavy atom. The molecule has 0 saturated heterocycles. The van der Waals surface area contributed by atoms with Crippen molar-refractivity contribution >= 4 is 5.97 Å². The monoisotopic (exact) mass is 220 g/mol. The molecule has 1 fully saturated rings. The average molecular weight is 220 g/mol. The van der Waals surface area contributed by atoms with Gasteiger partial charge in [-0.2, -0.15) is 0 Å². The van der Waals surface area contributed by atoms with Crippen LogP contribution in [0.5, 0.6) is 0 Å². The molecule has 0 amide bonds. The lowest BCUT2D eigenvalue weighted by atomic mass is 9.98. The molecule has 86 valence electrons. The zero-order valence-electron chi connectivity index (χ0n) is 9.44. The van der Waals surface area contributed by atoms with Crippen molar-refractivity contribution in [3.8, 4) is 0 Å². The van der Waals surface area contributed by atoms with Crippen LogP contribution in [0.3, 0.4) is 0 Å². The molecule has 16 heavy (non-hydrogen) atoms. The van der Waals surface area contributed by atoms with E-state index in [0.29, 0.717) is 5.92 Å². The Kier molecular flexibility index (Phi) is 3.17. The summed E-state index contributed by atoms with van der Waals surface area (Å²) in [6, 6.07) is 0. The number of aliphatic carboxylic acids is 1. The van der Waals surface area contributed by atoms with Gasteiger partial charge in [0.2, 0.25) is 0 Å². The van der Waals surface area contributed by atoms with Crippen molar-refractivity contribution < 1.29 is 9.90 Å². The Labute approximate surface area is 94.7 Å². The van der Waals surface area contributed by atoms with Crippen LogP contribution in [0.1, 0.15) is 48.7 Å². The van der Waals surface area contributed by atoms with Gasteiger partial charge in [0.15, 0.2) is 0 Å². The highest BCUT2D eigenvalue weighted by molar-refractivity contribution is 5.70. The van der Waals surface area contributed by atoms with Crippen LogP contribution in [0.4, 0.5) is 0 Å². The Morgan fingerprint density at radius 3 is 2.81 bits per heavy atom. The number of nitrogens with zero attached hydrogens (tertiary/aromatic N) is 2. The second-order valence-electron chi connectivity index (χ2n) is 4.38. The summed E-state index contributed by atoms with van der Waals surface area (Å²) in [7, 11) is 0. The van der Waals surface area contributed by atoms with E-state index in [1.807, 2.05) is 6.92 Å². The van der Waals surface area contributed by atoms with Gasteiger partial charge in [-0.25, -0.2) is 9.97 Å². The predicted octanol–water partition coefficient (Wildman–Crippen LogP) is 2.07. The Hall–Kier alpha value is -1.45. The molecule has 1 aliphatic carbocycles. The number of carboxylic acid groups (broad SMARTS) is 1. The van der Waals surface area contributed by atoms with Gasteiger partial charge in [0.05, 0.1) is 12.1 Å². The summed E-state index contributed by atoms with van der Waals surface area (Å²) in [6.45, 7) is 1.85. The number of aromatic nitrogens is 2. The molecule has 0 radical (unpaired) electrons. The highest BCUT2D eigenvalue weighted by Crippen LogP contribution is 2.34. The third kappa shape index (κ3) is 2.38. The minimum Gasteiger partial charge on any atom is -0.481 e. The first-order valence-corrected chi connectivity index (χ1v) is 5.71. The summed E-state index contributed by atoms with van der Waals surface area (Å²) >= 11 is 0. The van der Waals surface area contributed by atoms with E-state index >= 15 is 0 Å². The van der Waals surface area contributed by atoms with Gasteiger partial charge in [0.1, 0.15) is 5.82 Å². The lowest BCUT2D eigenvalue weighted by Crippen LogP contribution is -2.10. The number of hydrogen-bond donors (Lipinski definition) is 1. The van der Waals surface area contributed by atoms with Gasteiger partial charge in [-0.1, -0.05) is 12.8 Å². The summed E-state index contributed by atoms with van der Waals surface area (Å²) < 4.78 is 0. The maximum Gasteiger partial charge on any atom is 0.307 e. The third-order valence-corrected chi connectivity index (χ3v) is 3.10. The minimum atomic E-state index is -0.813. The van der Waals surface area contributed by atoms with E-state index in [9.17, 15) is 4.79 Å². The van der Waals surface area contributed by atoms with Crippen molar-refractivity contribution in [3.63, 3.8) is 0 Å². The van der Waals surface area contributed by atoms with Crippen molar-refractivity contribution in [2.24, 2.45) is 0 Å². The molecule has 0 aromatic carbocycles. The first-order chi connectivity index (χ1) is 7.66. The van der Waals surface area contributed by atoms with Gasteiger partial charge < -0.3 is 5.11 Å². The van der Waals surface area contributed by atoms with E-state index < -0.39 is 5.97 Å². The quantitative estimate of drug-likeness (QED) is 0.847. The van der Waals surface area contributed by atoms with Gasteiger partial charge in [-0.3, -0.25) is 4.79 Å². The largest absolute Gasteiger partial charge is 0.481 e. The van der Waals surface area contributed by atoms with Crippen molar-refractivity contribution in [1.29, 1.82) is 0 Å². The lowest BCUT2D eigenvalue weighted by Gasteiger charge is -2.13. The van der Waals surface area contributed by atoms with Crippen LogP contribution < -0.4 is 0 Å². The summed E-state index contributed by atoms with van der Waals surface area (Å²) in [5, 5.41) is 8.85. The van der Waals surface area contributed by atoms with Gasteiger partial charge >= 0.3 is 5.97 Å². The molecule has 0 spiro atoms. The molecule has 4 heteroatoms. The molecular weight excluding hydrogens is 204 g/mol. The standard InChI is InChI=1S/C12H16N2O2/c1-8-13-7-10(6-11(15)16)12(14-8)9-4-2-3-5-9/h7,9H,2-6H2,1H3,(H,15,16). The highest BCUT2D eigenvalue weighted by Gasteiger charge is 2.22. The number of aryl methyl sites for hydroxylation is 1. The Morgan fingerprint density at radius 1 is 1.50 bits per heavy atom. The number of carbonyl (C=O) groups is 1. The normalized spacial score (nSPS) is 16.6. The fourth-order valence-electron chi connectivity index (χ4n) is 2.36. The van der Waals surface area contributed by atoms with Crippen LogP contribution in [0.2, 0.25) is 0 Å². The molecule has 1 aromatic rings. The average Bonchev–Trinajstić information content (AvgIpc) is 2.73. The lowest BCUT2D eigenvalue weighted by molar-refractivity contribution is -0.136. The summed E-state index contributed by atoms with van der Waals surface area (Å²) in [4.78, 5) is 19.3. The maximum absolute atomic E-state index is 10.8. The zero-order valence-corrected chi connectivity index (χ0v) is 9.44. The molecule has 1 saturated carbocycles. The van der Waals surface area contributed by atoms with Crippen molar-refractivity contribution in [2.45, 2.75) is 44.9 Å². The maximum atomic E-state index is 10.8. The number of carboxylic acids is 1. The van der Waals surface area contributed by atoms with Crippen LogP contribution >= 0.6 is 0 Å². The smallest absolute Gasteiger partial charge is 0.307 e. The first-order valence-electron chi connectivity index (χ1n) is 5.71. The van der Waals surface area contributed by atoms with E-state index in [4.69, 9.17) is 5.11 Å². The van der Waals surface area contributed by atoms with E-state index in [-0.39, 0.29) is 6.42 Å². The third-order valence-electron chi connectivity index (χ3n) is 3.10. The van der Waals surface area contributed by atoms with Crippen molar-refractivity contribution in [1.82, 2.24) is 9.97 Å². The van der Waals surface area contributed by atoms with Crippen molar-refractivity contribution in [3.05, 3.63) is 23.3 Å². The van der Waals surface area contributed by atoms with Gasteiger partial charge in [0, 0.05) is 17.7 Å².